The van der Waals surface area contributed by atoms with Crippen LogP contribution in [0, 0.1) is 0 Å². The highest BCUT2D eigenvalue weighted by atomic mass is 19.1. The molecule has 0 radical (unpaired) electrons. The summed E-state index contributed by atoms with van der Waals surface area (Å²) < 4.78 is 33.3. The minimum absolute atomic E-state index is 0.0533. The molecule has 208 valence electrons. The van der Waals surface area contributed by atoms with Gasteiger partial charge >= 0.3 is 0 Å². The fraction of sp³-hybridized carbons (Fsp3) is 0.688. The second-order valence-electron chi connectivity index (χ2n) is 10.4. The highest BCUT2D eigenvalue weighted by Crippen LogP contribution is 2.20. The molecule has 5 heteroatoms. The van der Waals surface area contributed by atoms with E-state index in [1.807, 2.05) is 6.92 Å². The van der Waals surface area contributed by atoms with Crippen LogP contribution >= 0.6 is 0 Å². The van der Waals surface area contributed by atoms with Crippen LogP contribution in [0.5, 0.6) is 5.75 Å². The number of hydrogen-bond acceptors (Lipinski definition) is 3. The Morgan fingerprint density at radius 3 is 1.81 bits per heavy atom. The van der Waals surface area contributed by atoms with Gasteiger partial charge in [-0.15, -0.1) is 0 Å². The molecule has 0 amide bonds. The van der Waals surface area contributed by atoms with Crippen LogP contribution in [0.1, 0.15) is 122 Å². The molecular formula is C32H50F2N2O. The molecule has 1 heterocycles. The average Bonchev–Trinajstić information content (AvgIpc) is 2.92. The highest BCUT2D eigenvalue weighted by Gasteiger charge is 2.11. The molecule has 2 unspecified atom stereocenters. The molecule has 3 nitrogen and oxygen atoms in total. The van der Waals surface area contributed by atoms with Gasteiger partial charge in [0, 0.05) is 5.56 Å². The average molecular weight is 517 g/mol. The molecule has 0 aliphatic heterocycles. The van der Waals surface area contributed by atoms with E-state index in [4.69, 9.17) is 4.74 Å². The fourth-order valence-corrected chi connectivity index (χ4v) is 4.58. The van der Waals surface area contributed by atoms with Gasteiger partial charge in [0.05, 0.1) is 12.4 Å². The topological polar surface area (TPSA) is 35.0 Å². The van der Waals surface area contributed by atoms with E-state index >= 15 is 0 Å². The predicted octanol–water partition coefficient (Wildman–Crippen LogP) is 10.0. The van der Waals surface area contributed by atoms with Crippen molar-refractivity contribution in [2.24, 2.45) is 0 Å². The van der Waals surface area contributed by atoms with Crippen molar-refractivity contribution < 1.29 is 13.5 Å². The van der Waals surface area contributed by atoms with E-state index < -0.39 is 12.3 Å². The van der Waals surface area contributed by atoms with Crippen LogP contribution < -0.4 is 4.74 Å². The number of hydrogen-bond donors (Lipinski definition) is 0. The van der Waals surface area contributed by atoms with E-state index in [0.29, 0.717) is 37.3 Å². The highest BCUT2D eigenvalue weighted by molar-refractivity contribution is 5.55. The lowest BCUT2D eigenvalue weighted by molar-refractivity contribution is 0.177. The van der Waals surface area contributed by atoms with E-state index in [1.54, 1.807) is 12.4 Å². The van der Waals surface area contributed by atoms with Gasteiger partial charge < -0.3 is 4.74 Å². The van der Waals surface area contributed by atoms with Crippen molar-refractivity contribution >= 4 is 0 Å². The molecule has 2 atom stereocenters. The number of benzene rings is 1. The first-order valence-electron chi connectivity index (χ1n) is 14.9. The SMILES string of the molecule is CCCCCCCCCCCCc1ccc(-c2ncc(OCC(F)CCCC(F)CCCC)cn2)cc1. The maximum atomic E-state index is 14.1. The molecule has 0 saturated carbocycles. The van der Waals surface area contributed by atoms with Gasteiger partial charge in [-0.25, -0.2) is 18.7 Å². The Hall–Kier alpha value is -2.04. The maximum absolute atomic E-state index is 14.1. The van der Waals surface area contributed by atoms with Gasteiger partial charge in [0.15, 0.2) is 11.6 Å². The van der Waals surface area contributed by atoms with Crippen molar-refractivity contribution in [3.8, 4) is 17.1 Å². The third kappa shape index (κ3) is 14.5. The van der Waals surface area contributed by atoms with Crippen LogP contribution in [0.3, 0.4) is 0 Å². The van der Waals surface area contributed by atoms with Crippen molar-refractivity contribution in [1.82, 2.24) is 9.97 Å². The summed E-state index contributed by atoms with van der Waals surface area (Å²) >= 11 is 0. The summed E-state index contributed by atoms with van der Waals surface area (Å²) in [4.78, 5) is 8.78. The molecule has 37 heavy (non-hydrogen) atoms. The van der Waals surface area contributed by atoms with Crippen LogP contribution in [0.25, 0.3) is 11.4 Å². The molecule has 0 N–H and O–H groups in total. The van der Waals surface area contributed by atoms with E-state index in [2.05, 4.69) is 41.2 Å². The van der Waals surface area contributed by atoms with E-state index in [1.165, 1.54) is 69.8 Å². The lowest BCUT2D eigenvalue weighted by atomic mass is 10.0. The summed E-state index contributed by atoms with van der Waals surface area (Å²) in [6.45, 7) is 4.26. The first-order chi connectivity index (χ1) is 18.1. The molecule has 0 bridgehead atoms. The number of halogens is 2. The Morgan fingerprint density at radius 2 is 1.19 bits per heavy atom. The van der Waals surface area contributed by atoms with Gasteiger partial charge in [0.25, 0.3) is 0 Å². The molecule has 2 aromatic rings. The normalized spacial score (nSPS) is 13.0. The second-order valence-corrected chi connectivity index (χ2v) is 10.4. The maximum Gasteiger partial charge on any atom is 0.159 e. The van der Waals surface area contributed by atoms with E-state index in [-0.39, 0.29) is 6.61 Å². The van der Waals surface area contributed by atoms with Gasteiger partial charge in [-0.3, -0.25) is 0 Å². The largest absolute Gasteiger partial charge is 0.487 e. The third-order valence-corrected chi connectivity index (χ3v) is 7.00. The number of ether oxygens (including phenoxy) is 1. The second kappa shape index (κ2) is 20.0. The molecule has 2 rings (SSSR count). The summed E-state index contributed by atoms with van der Waals surface area (Å²) in [7, 11) is 0. The summed E-state index contributed by atoms with van der Waals surface area (Å²) in [6, 6.07) is 8.46. The number of nitrogens with zero attached hydrogens (tertiary/aromatic N) is 2. The fourth-order valence-electron chi connectivity index (χ4n) is 4.58. The Labute approximate surface area is 224 Å². The molecule has 0 spiro atoms. The van der Waals surface area contributed by atoms with Crippen LogP contribution in [0.4, 0.5) is 8.78 Å². The van der Waals surface area contributed by atoms with Gasteiger partial charge in [-0.1, -0.05) is 109 Å². The Kier molecular flexibility index (Phi) is 16.8. The lowest BCUT2D eigenvalue weighted by Gasteiger charge is -2.11. The summed E-state index contributed by atoms with van der Waals surface area (Å²) in [5.41, 5.74) is 2.31. The van der Waals surface area contributed by atoms with Crippen molar-refractivity contribution in [3.63, 3.8) is 0 Å². The number of aromatic nitrogens is 2. The summed E-state index contributed by atoms with van der Waals surface area (Å²) in [6.07, 6.45) is 19.7. The van der Waals surface area contributed by atoms with Crippen LogP contribution in [0.15, 0.2) is 36.7 Å². The van der Waals surface area contributed by atoms with Gasteiger partial charge in [0.2, 0.25) is 0 Å². The molecule has 0 aliphatic carbocycles. The summed E-state index contributed by atoms with van der Waals surface area (Å²) in [5.74, 6) is 1.09. The molecule has 0 saturated heterocycles. The molecular weight excluding hydrogens is 466 g/mol. The Bertz CT molecular complexity index is 797. The van der Waals surface area contributed by atoms with Crippen LogP contribution in [-0.4, -0.2) is 28.9 Å². The first-order valence-corrected chi connectivity index (χ1v) is 14.9. The van der Waals surface area contributed by atoms with E-state index in [0.717, 1.165) is 24.8 Å². The molecule has 0 aliphatic rings. The number of aryl methyl sites for hydroxylation is 1. The van der Waals surface area contributed by atoms with Crippen molar-refractivity contribution in [2.75, 3.05) is 6.61 Å². The molecule has 1 aromatic heterocycles. The molecule has 0 fully saturated rings. The lowest BCUT2D eigenvalue weighted by Crippen LogP contribution is -2.14. The zero-order valence-corrected chi connectivity index (χ0v) is 23.4. The zero-order valence-electron chi connectivity index (χ0n) is 23.4. The first kappa shape index (κ1) is 31.2. The van der Waals surface area contributed by atoms with E-state index in [9.17, 15) is 8.78 Å². The third-order valence-electron chi connectivity index (χ3n) is 7.00. The quantitative estimate of drug-likeness (QED) is 0.146. The Balaban J connectivity index is 1.60. The number of rotatable bonds is 22. The van der Waals surface area contributed by atoms with Crippen LogP contribution in [-0.2, 0) is 6.42 Å². The monoisotopic (exact) mass is 516 g/mol. The van der Waals surface area contributed by atoms with Crippen molar-refractivity contribution in [1.29, 1.82) is 0 Å². The molecule has 1 aromatic carbocycles. The number of unbranched alkanes of at least 4 members (excludes halogenated alkanes) is 10. The minimum Gasteiger partial charge on any atom is -0.487 e. The smallest absolute Gasteiger partial charge is 0.159 e. The number of alkyl halides is 2. The van der Waals surface area contributed by atoms with Gasteiger partial charge in [-0.2, -0.15) is 0 Å². The van der Waals surface area contributed by atoms with Gasteiger partial charge in [-0.05, 0) is 44.1 Å². The van der Waals surface area contributed by atoms with Crippen molar-refractivity contribution in [2.45, 2.75) is 135 Å². The summed E-state index contributed by atoms with van der Waals surface area (Å²) in [5, 5.41) is 0. The Morgan fingerprint density at radius 1 is 0.649 bits per heavy atom. The van der Waals surface area contributed by atoms with Crippen LogP contribution in [0.2, 0.25) is 0 Å². The van der Waals surface area contributed by atoms with Gasteiger partial charge in [0.1, 0.15) is 19.0 Å². The standard InChI is InChI=1S/C32H50F2N2O/c1-3-5-7-8-9-10-11-12-13-14-16-27-20-22-28(23-21-27)32-35-24-31(25-36-32)37-26-30(34)19-15-18-29(33)17-6-4-2/h20-25,29-30H,3-19,26H2,1-2H3. The minimum atomic E-state index is -1.11. The van der Waals surface area contributed by atoms with Crippen molar-refractivity contribution in [3.05, 3.63) is 42.2 Å². The predicted molar refractivity (Wildman–Crippen MR) is 152 cm³/mol. The zero-order chi connectivity index (χ0) is 26.6.